The van der Waals surface area contributed by atoms with Crippen molar-refractivity contribution in [3.63, 3.8) is 0 Å². The third-order valence-electron chi connectivity index (χ3n) is 4.53. The van der Waals surface area contributed by atoms with Crippen molar-refractivity contribution in [2.75, 3.05) is 6.54 Å². The highest BCUT2D eigenvalue weighted by Gasteiger charge is 2.18. The lowest BCUT2D eigenvalue weighted by Crippen LogP contribution is -2.31. The van der Waals surface area contributed by atoms with Crippen LogP contribution in [0.5, 0.6) is 0 Å². The normalized spacial score (nSPS) is 11.1. The number of rotatable bonds is 7. The van der Waals surface area contributed by atoms with Gasteiger partial charge in [0.2, 0.25) is 5.91 Å². The molecule has 1 amide bonds. The first-order valence-electron chi connectivity index (χ1n) is 9.32. The molecule has 0 aliphatic heterocycles. The number of nitrogens with zero attached hydrogens (tertiary/aromatic N) is 5. The van der Waals surface area contributed by atoms with E-state index >= 15 is 0 Å². The molecule has 4 heterocycles. The van der Waals surface area contributed by atoms with Crippen LogP contribution in [0.1, 0.15) is 17.1 Å². The minimum Gasteiger partial charge on any atom is -0.356 e. The fourth-order valence-electron chi connectivity index (χ4n) is 3.23. The highest BCUT2D eigenvalue weighted by molar-refractivity contribution is 7.13. The van der Waals surface area contributed by atoms with Crippen LogP contribution in [0.3, 0.4) is 0 Å². The monoisotopic (exact) mass is 410 g/mol. The fraction of sp³-hybridized carbons (Fsp3) is 0.300. The zero-order valence-corrected chi connectivity index (χ0v) is 17.4. The molecule has 0 saturated heterocycles. The first-order chi connectivity index (χ1) is 14.0. The first-order valence-corrected chi connectivity index (χ1v) is 10.2. The summed E-state index contributed by atoms with van der Waals surface area (Å²) >= 11 is 1.63. The van der Waals surface area contributed by atoms with Crippen molar-refractivity contribution in [1.29, 1.82) is 0 Å². The van der Waals surface area contributed by atoms with Crippen molar-refractivity contribution >= 4 is 17.2 Å². The molecule has 0 bridgehead atoms. The molecule has 0 aliphatic carbocycles. The van der Waals surface area contributed by atoms with Crippen molar-refractivity contribution in [2.24, 2.45) is 0 Å². The van der Waals surface area contributed by atoms with Crippen molar-refractivity contribution in [3.8, 4) is 21.9 Å². The number of nitrogens with one attached hydrogen (secondary N) is 1. The molecule has 8 nitrogen and oxygen atoms in total. The third-order valence-corrected chi connectivity index (χ3v) is 5.41. The van der Waals surface area contributed by atoms with Crippen LogP contribution in [-0.4, -0.2) is 37.2 Å². The predicted molar refractivity (Wildman–Crippen MR) is 110 cm³/mol. The average molecular weight is 411 g/mol. The van der Waals surface area contributed by atoms with E-state index in [2.05, 4.69) is 20.7 Å². The van der Waals surface area contributed by atoms with Crippen LogP contribution in [0, 0.1) is 20.8 Å². The maximum atomic E-state index is 12.3. The number of hydrogen-bond donors (Lipinski definition) is 1. The second-order valence-corrected chi connectivity index (χ2v) is 7.82. The molecule has 0 aromatic carbocycles. The van der Waals surface area contributed by atoms with Crippen LogP contribution in [0.2, 0.25) is 0 Å². The Labute approximate surface area is 172 Å². The summed E-state index contributed by atoms with van der Waals surface area (Å²) in [5.74, 6) is 0.609. The van der Waals surface area contributed by atoms with Crippen LogP contribution in [0.25, 0.3) is 21.9 Å². The minimum atomic E-state index is -0.0767. The van der Waals surface area contributed by atoms with Crippen LogP contribution in [-0.2, 0) is 17.9 Å². The molecule has 1 N–H and O–H groups in total. The van der Waals surface area contributed by atoms with Crippen LogP contribution in [0.15, 0.2) is 40.4 Å². The maximum absolute atomic E-state index is 12.3. The van der Waals surface area contributed by atoms with Gasteiger partial charge in [0, 0.05) is 18.3 Å². The van der Waals surface area contributed by atoms with Crippen molar-refractivity contribution in [2.45, 2.75) is 33.9 Å². The smallest absolute Gasteiger partial charge is 0.241 e. The highest BCUT2D eigenvalue weighted by atomic mass is 32.1. The van der Waals surface area contributed by atoms with Gasteiger partial charge in [-0.15, -0.1) is 11.3 Å². The highest BCUT2D eigenvalue weighted by Crippen LogP contribution is 2.34. The zero-order chi connectivity index (χ0) is 20.4. The summed E-state index contributed by atoms with van der Waals surface area (Å²) in [6.45, 7) is 6.96. The van der Waals surface area contributed by atoms with Crippen molar-refractivity contribution < 1.29 is 9.32 Å². The van der Waals surface area contributed by atoms with Gasteiger partial charge >= 0.3 is 0 Å². The number of hydrogen-bond acceptors (Lipinski definition) is 6. The van der Waals surface area contributed by atoms with E-state index in [1.54, 1.807) is 22.2 Å². The molecule has 0 fully saturated rings. The molecule has 0 atom stereocenters. The van der Waals surface area contributed by atoms with Gasteiger partial charge in [-0.3, -0.25) is 14.2 Å². The number of carbonyl (C=O) groups is 1. The summed E-state index contributed by atoms with van der Waals surface area (Å²) in [5, 5.41) is 17.8. The van der Waals surface area contributed by atoms with Gasteiger partial charge in [-0.1, -0.05) is 11.2 Å². The van der Waals surface area contributed by atoms with E-state index < -0.39 is 0 Å². The summed E-state index contributed by atoms with van der Waals surface area (Å²) < 4.78 is 9.05. The molecular formula is C20H22N6O2S. The molecule has 0 aliphatic rings. The van der Waals surface area contributed by atoms with Gasteiger partial charge in [-0.05, 0) is 38.3 Å². The van der Waals surface area contributed by atoms with Gasteiger partial charge in [0.1, 0.15) is 6.54 Å². The molecule has 0 saturated carbocycles. The molecule has 150 valence electrons. The largest absolute Gasteiger partial charge is 0.356 e. The van der Waals surface area contributed by atoms with E-state index in [9.17, 15) is 4.79 Å². The second-order valence-electron chi connectivity index (χ2n) is 6.87. The number of thiophene rings is 1. The van der Waals surface area contributed by atoms with Gasteiger partial charge in [-0.25, -0.2) is 0 Å². The average Bonchev–Trinajstić information content (AvgIpc) is 3.43. The standard InChI is InChI=1S/C20H22N6O2S/c1-13-9-15(3)26(23-13)12-19(27)21-6-7-25-20(18-5-4-8-29-18)16(11-22-25)17-10-14(2)24-28-17/h4-5,8-11H,6-7,12H2,1-3H3,(H,21,27). The van der Waals surface area contributed by atoms with E-state index in [0.717, 1.165) is 33.2 Å². The SMILES string of the molecule is Cc1cc(-c2cnn(CCNC(=O)Cn3nc(C)cc3C)c2-c2cccs2)on1. The zero-order valence-electron chi connectivity index (χ0n) is 16.5. The van der Waals surface area contributed by atoms with Crippen molar-refractivity contribution in [1.82, 2.24) is 30.0 Å². The van der Waals surface area contributed by atoms with Crippen LogP contribution < -0.4 is 5.32 Å². The lowest BCUT2D eigenvalue weighted by molar-refractivity contribution is -0.121. The van der Waals surface area contributed by atoms with E-state index in [4.69, 9.17) is 4.52 Å². The van der Waals surface area contributed by atoms with Crippen LogP contribution >= 0.6 is 11.3 Å². The Kier molecular flexibility index (Phi) is 5.30. The van der Waals surface area contributed by atoms with Crippen molar-refractivity contribution in [3.05, 3.63) is 52.9 Å². The third kappa shape index (κ3) is 4.14. The molecule has 4 rings (SSSR count). The second kappa shape index (κ2) is 8.04. The lowest BCUT2D eigenvalue weighted by Gasteiger charge is -2.10. The van der Waals surface area contributed by atoms with E-state index in [-0.39, 0.29) is 12.5 Å². The van der Waals surface area contributed by atoms with E-state index in [1.165, 1.54) is 0 Å². The topological polar surface area (TPSA) is 90.8 Å². The van der Waals surface area contributed by atoms with Gasteiger partial charge in [0.15, 0.2) is 5.76 Å². The Morgan fingerprint density at radius 3 is 2.72 bits per heavy atom. The maximum Gasteiger partial charge on any atom is 0.241 e. The Morgan fingerprint density at radius 2 is 2.07 bits per heavy atom. The Morgan fingerprint density at radius 1 is 1.21 bits per heavy atom. The van der Waals surface area contributed by atoms with Gasteiger partial charge in [0.25, 0.3) is 0 Å². The summed E-state index contributed by atoms with van der Waals surface area (Å²) in [6.07, 6.45) is 1.78. The molecule has 0 spiro atoms. The number of aryl methyl sites for hydroxylation is 3. The minimum absolute atomic E-state index is 0.0767. The molecule has 29 heavy (non-hydrogen) atoms. The molecule has 0 unspecified atom stereocenters. The molecule has 4 aromatic heterocycles. The summed E-state index contributed by atoms with van der Waals surface area (Å²) in [5.41, 5.74) is 4.55. The summed E-state index contributed by atoms with van der Waals surface area (Å²) in [4.78, 5) is 13.4. The van der Waals surface area contributed by atoms with E-state index in [1.807, 2.05) is 55.1 Å². The molecule has 9 heteroatoms. The summed E-state index contributed by atoms with van der Waals surface area (Å²) in [7, 11) is 0. The van der Waals surface area contributed by atoms with Gasteiger partial charge < -0.3 is 9.84 Å². The van der Waals surface area contributed by atoms with Gasteiger partial charge in [0.05, 0.1) is 40.3 Å². The Hall–Kier alpha value is -3.20. The predicted octanol–water partition coefficient (Wildman–Crippen LogP) is 3.20. The molecule has 0 radical (unpaired) electrons. The number of aromatic nitrogens is 5. The Bertz CT molecular complexity index is 1120. The van der Waals surface area contributed by atoms with E-state index in [0.29, 0.717) is 18.8 Å². The fourth-order valence-corrected chi connectivity index (χ4v) is 4.01. The number of amides is 1. The number of carbonyl (C=O) groups excluding carboxylic acids is 1. The molecular weight excluding hydrogens is 388 g/mol. The lowest BCUT2D eigenvalue weighted by atomic mass is 10.1. The Balaban J connectivity index is 1.47. The first kappa shape index (κ1) is 19.1. The van der Waals surface area contributed by atoms with Crippen LogP contribution in [0.4, 0.5) is 0 Å². The van der Waals surface area contributed by atoms with Gasteiger partial charge in [-0.2, -0.15) is 10.2 Å². The quantitative estimate of drug-likeness (QED) is 0.505. The summed E-state index contributed by atoms with van der Waals surface area (Å²) in [6, 6.07) is 7.90. The molecule has 4 aromatic rings.